The van der Waals surface area contributed by atoms with E-state index in [2.05, 4.69) is 36.6 Å². The molecule has 2 aliphatic rings. The normalized spacial score (nSPS) is 13.9. The summed E-state index contributed by atoms with van der Waals surface area (Å²) < 4.78 is 72.5. The summed E-state index contributed by atoms with van der Waals surface area (Å²) in [5.41, 5.74) is 10.2. The number of nitrogens with zero attached hydrogens (tertiary/aromatic N) is 12. The number of nitrogens with one attached hydrogen (secondary N) is 4. The number of oxazole rings is 1. The number of anilines is 5. The number of aryl methyl sites for hydroxylation is 4. The lowest BCUT2D eigenvalue weighted by atomic mass is 9.84. The van der Waals surface area contributed by atoms with Gasteiger partial charge in [-0.05, 0) is 149 Å². The lowest BCUT2D eigenvalue weighted by Crippen LogP contribution is -2.32. The zero-order valence-corrected chi connectivity index (χ0v) is 50.6. The fourth-order valence-electron chi connectivity index (χ4n) is 12.8. The Bertz CT molecular complexity index is 4980. The van der Waals surface area contributed by atoms with Gasteiger partial charge in [-0.25, -0.2) is 37.3 Å². The molecule has 24 heteroatoms. The van der Waals surface area contributed by atoms with Crippen LogP contribution in [0.5, 0.6) is 0 Å². The molecule has 0 aliphatic carbocycles. The van der Waals surface area contributed by atoms with E-state index in [1.165, 1.54) is 27.2 Å². The van der Waals surface area contributed by atoms with Crippen LogP contribution in [0.3, 0.4) is 0 Å². The van der Waals surface area contributed by atoms with Crippen molar-refractivity contribution in [3.05, 3.63) is 180 Å². The molecule has 14 rings (SSSR count). The largest absolute Gasteiger partial charge is 0.436 e. The average Bonchev–Trinajstić information content (AvgIpc) is 1.41. The third-order valence-electron chi connectivity index (χ3n) is 17.2. The third-order valence-corrected chi connectivity index (χ3v) is 17.2. The number of amides is 4. The number of halogens is 4. The maximum atomic E-state index is 15.2. The number of pyridine rings is 3. The molecule has 9 heterocycles. The maximum absolute atomic E-state index is 15.2. The number of urea groups is 1. The van der Waals surface area contributed by atoms with Crippen LogP contribution in [0.25, 0.3) is 88.9 Å². The fourth-order valence-corrected chi connectivity index (χ4v) is 12.8. The number of carbonyl (C=O) groups is 3. The Labute approximate surface area is 522 Å². The van der Waals surface area contributed by atoms with Crippen molar-refractivity contribution < 1.29 is 36.4 Å². The molecule has 0 bridgehead atoms. The molecule has 4 N–H and O–H groups in total. The van der Waals surface area contributed by atoms with Gasteiger partial charge >= 0.3 is 6.03 Å². The molecule has 1 unspecified atom stereocenters. The predicted molar refractivity (Wildman–Crippen MR) is 343 cm³/mol. The van der Waals surface area contributed by atoms with Gasteiger partial charge in [0.05, 0.1) is 41.1 Å². The number of alkyl halides is 4. The standard InChI is InChI=1S/C68H58F4N16O4/c1-73-65(89)51-20-36(40-18-39-22-47(42-28-78-85(5)32-42)49(64(71)72)26-57(39)88(34-40)60-11-7-10-59(81-60)82-68(91)75-3)24-58-62(51)83-67(92-58)50-21-37(17-38-23-54(76-30-52(38)50)43-29-79-86(6)33-43)44-13-15-55(61-45(44)12-14-53(80-61)66(90)74-2)87-16-8-9-35-19-46(41-27-77-84(4)31-41)48(63(69)70)25-56(35)87/h7,10-15,17,19-33,40,63-64H,8-9,16,18,34H2,1-6H3,(H,73,89)(H,74,90)(H2,75,81,82,91). The average molecular weight is 1240 g/mol. The zero-order valence-electron chi connectivity index (χ0n) is 50.6. The van der Waals surface area contributed by atoms with Gasteiger partial charge in [0, 0.05) is 142 Å². The maximum Gasteiger partial charge on any atom is 0.320 e. The van der Waals surface area contributed by atoms with Gasteiger partial charge < -0.3 is 30.2 Å². The number of rotatable bonds is 13. The molecule has 0 saturated heterocycles. The van der Waals surface area contributed by atoms with Crippen LogP contribution in [0.2, 0.25) is 0 Å². The number of hydrogen-bond acceptors (Lipinski definition) is 13. The first-order chi connectivity index (χ1) is 44.5. The van der Waals surface area contributed by atoms with Crippen molar-refractivity contribution in [3.8, 4) is 56.1 Å². The van der Waals surface area contributed by atoms with E-state index < -0.39 is 36.6 Å². The molecule has 0 spiro atoms. The molecule has 462 valence electrons. The van der Waals surface area contributed by atoms with Gasteiger partial charge in [-0.15, -0.1) is 0 Å². The van der Waals surface area contributed by atoms with Gasteiger partial charge in [0.25, 0.3) is 24.7 Å². The Balaban J connectivity index is 0.928. The second-order valence-electron chi connectivity index (χ2n) is 22.9. The van der Waals surface area contributed by atoms with E-state index >= 15 is 17.6 Å². The summed E-state index contributed by atoms with van der Waals surface area (Å²) in [4.78, 5) is 64.0. The molecule has 2 aliphatic heterocycles. The second-order valence-corrected chi connectivity index (χ2v) is 22.9. The molecule has 0 saturated carbocycles. The minimum Gasteiger partial charge on any atom is -0.436 e. The van der Waals surface area contributed by atoms with Crippen LogP contribution in [0, 0.1) is 0 Å². The van der Waals surface area contributed by atoms with E-state index in [1.54, 1.807) is 108 Å². The molecular weight excluding hydrogens is 1180 g/mol. The van der Waals surface area contributed by atoms with Crippen LogP contribution in [-0.4, -0.2) is 101 Å². The molecule has 4 amide bonds. The highest BCUT2D eigenvalue weighted by atomic mass is 19.3. The Morgan fingerprint density at radius 3 is 1.95 bits per heavy atom. The van der Waals surface area contributed by atoms with Gasteiger partial charge in [-0.3, -0.25) is 33.9 Å². The number of hydrogen-bond donors (Lipinski definition) is 4. The quantitative estimate of drug-likeness (QED) is 0.0790. The smallest absolute Gasteiger partial charge is 0.320 e. The van der Waals surface area contributed by atoms with Crippen molar-refractivity contribution in [1.29, 1.82) is 0 Å². The van der Waals surface area contributed by atoms with Crippen LogP contribution >= 0.6 is 0 Å². The Hall–Kier alpha value is -11.3. The minimum absolute atomic E-state index is 0.131. The predicted octanol–water partition coefficient (Wildman–Crippen LogP) is 12.8. The van der Waals surface area contributed by atoms with E-state index in [-0.39, 0.29) is 51.7 Å². The fraction of sp³-hybridized carbons (Fsp3) is 0.206. The number of aromatic nitrogens is 10. The molecule has 0 radical (unpaired) electrons. The molecule has 12 aromatic rings. The van der Waals surface area contributed by atoms with Crippen LogP contribution in [0.1, 0.15) is 73.9 Å². The van der Waals surface area contributed by atoms with Gasteiger partial charge in [-0.1, -0.05) is 12.1 Å². The molecular formula is C68H58F4N16O4. The Morgan fingerprint density at radius 1 is 0.598 bits per heavy atom. The van der Waals surface area contributed by atoms with E-state index in [4.69, 9.17) is 24.4 Å². The summed E-state index contributed by atoms with van der Waals surface area (Å²) in [6, 6.07) is 28.2. The van der Waals surface area contributed by atoms with Crippen LogP contribution < -0.4 is 31.1 Å². The third kappa shape index (κ3) is 10.5. The summed E-state index contributed by atoms with van der Waals surface area (Å²) in [6.45, 7) is 0.685. The summed E-state index contributed by atoms with van der Waals surface area (Å²) in [5, 5.41) is 25.8. The second kappa shape index (κ2) is 23.3. The molecule has 20 nitrogen and oxygen atoms in total. The first-order valence-corrected chi connectivity index (χ1v) is 29.7. The lowest BCUT2D eigenvalue weighted by Gasteiger charge is -2.37. The number of benzene rings is 5. The molecule has 0 fully saturated rings. The monoisotopic (exact) mass is 1240 g/mol. The highest BCUT2D eigenvalue weighted by Gasteiger charge is 2.34. The molecule has 7 aromatic heterocycles. The molecule has 5 aromatic carbocycles. The van der Waals surface area contributed by atoms with Crippen molar-refractivity contribution in [1.82, 2.24) is 65.2 Å². The summed E-state index contributed by atoms with van der Waals surface area (Å²) in [7, 11) is 9.82. The summed E-state index contributed by atoms with van der Waals surface area (Å²) >= 11 is 0. The van der Waals surface area contributed by atoms with Crippen LogP contribution in [-0.2, 0) is 34.0 Å². The van der Waals surface area contributed by atoms with E-state index in [0.29, 0.717) is 115 Å². The van der Waals surface area contributed by atoms with Crippen molar-refractivity contribution >= 4 is 79.3 Å². The summed E-state index contributed by atoms with van der Waals surface area (Å²) in [5.74, 6) is -0.493. The van der Waals surface area contributed by atoms with E-state index in [9.17, 15) is 14.4 Å². The van der Waals surface area contributed by atoms with Crippen LogP contribution in [0.15, 0.2) is 145 Å². The Kier molecular flexibility index (Phi) is 14.8. The van der Waals surface area contributed by atoms with Crippen molar-refractivity contribution in [2.45, 2.75) is 38.0 Å². The van der Waals surface area contributed by atoms with Crippen molar-refractivity contribution in [3.63, 3.8) is 0 Å². The Morgan fingerprint density at radius 2 is 1.28 bits per heavy atom. The van der Waals surface area contributed by atoms with Crippen LogP contribution in [0.4, 0.5) is 51.1 Å². The molecule has 92 heavy (non-hydrogen) atoms. The minimum atomic E-state index is -2.84. The highest BCUT2D eigenvalue weighted by molar-refractivity contribution is 6.09. The van der Waals surface area contributed by atoms with Gasteiger partial charge in [0.1, 0.15) is 22.8 Å². The highest BCUT2D eigenvalue weighted by Crippen LogP contribution is 2.48. The first-order valence-electron chi connectivity index (χ1n) is 29.7. The first kappa shape index (κ1) is 58.4. The number of fused-ring (bicyclic) bond motifs is 5. The van der Waals surface area contributed by atoms with Crippen molar-refractivity contribution in [2.24, 2.45) is 21.1 Å². The SMILES string of the molecule is CNC(=O)Nc1cccc(N2CC(c3cc(C(=O)NC)c4nc(-c5cc(-c6ccc(N7CCCc8cc(-c9cnn(C)c9)c(C(F)F)cc87)c7nc(C(=O)NC)ccc67)cc6cc(-c7cnn(C)c7)ncc56)oc4c3)Cc3cc(-c4cnn(C)c4)c(C(F)F)cc32)n1. The summed E-state index contributed by atoms with van der Waals surface area (Å²) in [6.07, 6.45) is 7.95. The topological polar surface area (TPSA) is 224 Å². The van der Waals surface area contributed by atoms with E-state index in [0.717, 1.165) is 22.1 Å². The zero-order chi connectivity index (χ0) is 63.8. The van der Waals surface area contributed by atoms with E-state index in [1.807, 2.05) is 71.6 Å². The van der Waals surface area contributed by atoms with Gasteiger partial charge in [-0.2, -0.15) is 15.3 Å². The van der Waals surface area contributed by atoms with Gasteiger partial charge in [0.2, 0.25) is 5.89 Å². The van der Waals surface area contributed by atoms with Gasteiger partial charge in [0.15, 0.2) is 5.58 Å². The number of carbonyl (C=O) groups excluding carboxylic acids is 3. The van der Waals surface area contributed by atoms with Crippen molar-refractivity contribution in [2.75, 3.05) is 49.3 Å². The molecule has 1 atom stereocenters. The lowest BCUT2D eigenvalue weighted by molar-refractivity contribution is 0.0953.